The SMILES string of the molecule is N=Nc1cc(C(=O)O)ccc1Cl. The number of nitrogens with one attached hydrogen (secondary N) is 1. The fourth-order valence-corrected chi connectivity index (χ4v) is 0.891. The van der Waals surface area contributed by atoms with Crippen molar-refractivity contribution in [2.75, 3.05) is 0 Å². The molecule has 4 nitrogen and oxygen atoms in total. The second-order valence-corrected chi connectivity index (χ2v) is 2.49. The summed E-state index contributed by atoms with van der Waals surface area (Å²) in [5.74, 6) is -1.06. The number of carbonyl (C=O) groups is 1. The zero-order valence-corrected chi connectivity index (χ0v) is 6.67. The summed E-state index contributed by atoms with van der Waals surface area (Å²) in [5.41, 5.74) is 6.91. The molecule has 1 aromatic carbocycles. The van der Waals surface area contributed by atoms with Crippen LogP contribution < -0.4 is 0 Å². The van der Waals surface area contributed by atoms with E-state index in [2.05, 4.69) is 5.11 Å². The molecule has 62 valence electrons. The zero-order valence-electron chi connectivity index (χ0n) is 5.91. The molecular weight excluding hydrogens is 180 g/mol. The standard InChI is InChI=1S/C7H5ClN2O2/c8-5-2-1-4(7(11)12)3-6(5)10-9/h1-3,9H,(H,11,12). The number of aromatic carboxylic acids is 1. The number of nitrogens with zero attached hydrogens (tertiary/aromatic N) is 1. The molecule has 0 saturated carbocycles. The lowest BCUT2D eigenvalue weighted by atomic mass is 10.2. The quantitative estimate of drug-likeness (QED) is 0.694. The Bertz CT molecular complexity index is 338. The molecule has 1 rings (SSSR count). The molecule has 0 spiro atoms. The summed E-state index contributed by atoms with van der Waals surface area (Å²) < 4.78 is 0. The highest BCUT2D eigenvalue weighted by Crippen LogP contribution is 2.25. The highest BCUT2D eigenvalue weighted by Gasteiger charge is 2.05. The number of benzene rings is 1. The predicted octanol–water partition coefficient (Wildman–Crippen LogP) is 2.70. The molecule has 0 amide bonds. The third-order valence-electron chi connectivity index (χ3n) is 1.31. The van der Waals surface area contributed by atoms with E-state index >= 15 is 0 Å². The molecule has 1 aromatic rings. The van der Waals surface area contributed by atoms with Crippen LogP contribution in [0.1, 0.15) is 10.4 Å². The Kier molecular flexibility index (Phi) is 2.40. The maximum atomic E-state index is 10.4. The second kappa shape index (κ2) is 3.32. The van der Waals surface area contributed by atoms with Gasteiger partial charge in [0, 0.05) is 0 Å². The number of hydrogen-bond donors (Lipinski definition) is 2. The molecule has 0 heterocycles. The molecule has 0 radical (unpaired) electrons. The summed E-state index contributed by atoms with van der Waals surface area (Å²) in [5, 5.41) is 11.9. The second-order valence-electron chi connectivity index (χ2n) is 2.08. The number of halogens is 1. The zero-order chi connectivity index (χ0) is 9.14. The van der Waals surface area contributed by atoms with Gasteiger partial charge in [0.05, 0.1) is 10.6 Å². The lowest BCUT2D eigenvalue weighted by Gasteiger charge is -1.97. The van der Waals surface area contributed by atoms with Gasteiger partial charge in [0.1, 0.15) is 5.69 Å². The van der Waals surface area contributed by atoms with E-state index in [1.165, 1.54) is 18.2 Å². The van der Waals surface area contributed by atoms with Gasteiger partial charge in [0.15, 0.2) is 0 Å². The molecule has 2 N–H and O–H groups in total. The van der Waals surface area contributed by atoms with Crippen LogP contribution in [0.5, 0.6) is 0 Å². The van der Waals surface area contributed by atoms with Crippen LogP contribution in [0.25, 0.3) is 0 Å². The molecule has 0 aromatic heterocycles. The fourth-order valence-electron chi connectivity index (χ4n) is 0.731. The topological polar surface area (TPSA) is 73.5 Å². The first-order valence-electron chi connectivity index (χ1n) is 3.05. The van der Waals surface area contributed by atoms with Crippen LogP contribution in [-0.2, 0) is 0 Å². The lowest BCUT2D eigenvalue weighted by molar-refractivity contribution is 0.0697. The largest absolute Gasteiger partial charge is 0.478 e. The van der Waals surface area contributed by atoms with E-state index in [-0.39, 0.29) is 16.3 Å². The molecule has 0 fully saturated rings. The first-order valence-corrected chi connectivity index (χ1v) is 3.43. The van der Waals surface area contributed by atoms with Gasteiger partial charge in [-0.25, -0.2) is 10.3 Å². The van der Waals surface area contributed by atoms with Gasteiger partial charge in [-0.1, -0.05) is 11.6 Å². The Morgan fingerprint density at radius 3 is 2.75 bits per heavy atom. The Labute approximate surface area is 73.3 Å². The van der Waals surface area contributed by atoms with Gasteiger partial charge < -0.3 is 5.11 Å². The van der Waals surface area contributed by atoms with Gasteiger partial charge in [-0.15, -0.1) is 0 Å². The van der Waals surface area contributed by atoms with E-state index < -0.39 is 5.97 Å². The summed E-state index contributed by atoms with van der Waals surface area (Å²) in [6.45, 7) is 0. The summed E-state index contributed by atoms with van der Waals surface area (Å²) in [7, 11) is 0. The minimum Gasteiger partial charge on any atom is -0.478 e. The van der Waals surface area contributed by atoms with Gasteiger partial charge >= 0.3 is 5.97 Å². The average Bonchev–Trinajstić information content (AvgIpc) is 2.05. The van der Waals surface area contributed by atoms with Crippen LogP contribution in [-0.4, -0.2) is 11.1 Å². The third kappa shape index (κ3) is 1.60. The first-order chi connectivity index (χ1) is 5.65. The number of carboxylic acid groups (broad SMARTS) is 1. The normalized spacial score (nSPS) is 9.42. The molecule has 0 aliphatic carbocycles. The highest BCUT2D eigenvalue weighted by atomic mass is 35.5. The Morgan fingerprint density at radius 1 is 1.58 bits per heavy atom. The van der Waals surface area contributed by atoms with E-state index in [1.54, 1.807) is 0 Å². The van der Waals surface area contributed by atoms with Gasteiger partial charge in [-0.2, -0.15) is 5.11 Å². The molecule has 0 aliphatic heterocycles. The minimum atomic E-state index is -1.06. The van der Waals surface area contributed by atoms with Crippen LogP contribution in [0.4, 0.5) is 5.69 Å². The van der Waals surface area contributed by atoms with E-state index in [4.69, 9.17) is 22.2 Å². The minimum absolute atomic E-state index is 0.0744. The number of rotatable bonds is 2. The van der Waals surface area contributed by atoms with Crippen molar-refractivity contribution in [3.8, 4) is 0 Å². The van der Waals surface area contributed by atoms with Crippen molar-refractivity contribution in [2.24, 2.45) is 5.11 Å². The maximum Gasteiger partial charge on any atom is 0.335 e. The van der Waals surface area contributed by atoms with Crippen molar-refractivity contribution >= 4 is 23.3 Å². The van der Waals surface area contributed by atoms with Crippen molar-refractivity contribution in [3.63, 3.8) is 0 Å². The summed E-state index contributed by atoms with van der Waals surface area (Å²) >= 11 is 5.59. The van der Waals surface area contributed by atoms with Crippen molar-refractivity contribution in [2.45, 2.75) is 0 Å². The van der Waals surface area contributed by atoms with Crippen LogP contribution >= 0.6 is 11.6 Å². The monoisotopic (exact) mass is 184 g/mol. The summed E-state index contributed by atoms with van der Waals surface area (Å²) in [6, 6.07) is 4.01. The van der Waals surface area contributed by atoms with Gasteiger partial charge in [0.2, 0.25) is 0 Å². The van der Waals surface area contributed by atoms with Gasteiger partial charge in [-0.05, 0) is 18.2 Å². The average molecular weight is 185 g/mol. The van der Waals surface area contributed by atoms with Crippen LogP contribution in [0, 0.1) is 5.53 Å². The molecule has 0 saturated heterocycles. The Morgan fingerprint density at radius 2 is 2.25 bits per heavy atom. The number of carboxylic acids is 1. The molecule has 5 heteroatoms. The molecule has 0 aliphatic rings. The third-order valence-corrected chi connectivity index (χ3v) is 1.63. The van der Waals surface area contributed by atoms with E-state index in [0.717, 1.165) is 0 Å². The van der Waals surface area contributed by atoms with E-state index in [0.29, 0.717) is 0 Å². The lowest BCUT2D eigenvalue weighted by Crippen LogP contribution is -1.94. The van der Waals surface area contributed by atoms with Gasteiger partial charge in [0.25, 0.3) is 0 Å². The molecule has 0 unspecified atom stereocenters. The summed E-state index contributed by atoms with van der Waals surface area (Å²) in [6.07, 6.45) is 0. The van der Waals surface area contributed by atoms with E-state index in [9.17, 15) is 4.79 Å². The fraction of sp³-hybridized carbons (Fsp3) is 0. The molecule has 0 bridgehead atoms. The maximum absolute atomic E-state index is 10.4. The highest BCUT2D eigenvalue weighted by molar-refractivity contribution is 6.33. The Hall–Kier alpha value is -1.42. The van der Waals surface area contributed by atoms with E-state index in [1.807, 2.05) is 0 Å². The van der Waals surface area contributed by atoms with Crippen LogP contribution in [0.2, 0.25) is 5.02 Å². The van der Waals surface area contributed by atoms with Crippen molar-refractivity contribution < 1.29 is 9.90 Å². The van der Waals surface area contributed by atoms with Crippen molar-refractivity contribution in [1.82, 2.24) is 0 Å². The van der Waals surface area contributed by atoms with Crippen molar-refractivity contribution in [3.05, 3.63) is 28.8 Å². The van der Waals surface area contributed by atoms with Gasteiger partial charge in [-0.3, -0.25) is 0 Å². The Balaban J connectivity index is 3.22. The van der Waals surface area contributed by atoms with Crippen LogP contribution in [0.15, 0.2) is 23.3 Å². The molecule has 12 heavy (non-hydrogen) atoms. The predicted molar refractivity (Wildman–Crippen MR) is 43.2 cm³/mol. The first kappa shape index (κ1) is 8.67. The summed E-state index contributed by atoms with van der Waals surface area (Å²) in [4.78, 5) is 10.4. The smallest absolute Gasteiger partial charge is 0.335 e. The number of hydrogen-bond acceptors (Lipinski definition) is 3. The molecule has 0 atom stereocenters. The van der Waals surface area contributed by atoms with Crippen LogP contribution in [0.3, 0.4) is 0 Å². The molecular formula is C7H5ClN2O2. The van der Waals surface area contributed by atoms with Crippen molar-refractivity contribution in [1.29, 1.82) is 5.53 Å².